The van der Waals surface area contributed by atoms with E-state index in [2.05, 4.69) is 15.5 Å². The first-order chi connectivity index (χ1) is 15.9. The third-order valence-corrected chi connectivity index (χ3v) is 6.52. The van der Waals surface area contributed by atoms with Crippen LogP contribution in [0, 0.1) is 12.5 Å². The number of ether oxygens (including phenoxy) is 1. The Bertz CT molecular complexity index is 1170. The molecule has 170 valence electrons. The van der Waals surface area contributed by atoms with Crippen LogP contribution in [-0.4, -0.2) is 36.5 Å². The van der Waals surface area contributed by atoms with Gasteiger partial charge in [0.1, 0.15) is 5.75 Å². The molecular weight excluding hydrogens is 422 g/mol. The normalized spacial score (nSPS) is 20.2. The Kier molecular flexibility index (Phi) is 6.05. The highest BCUT2D eigenvalue weighted by atomic mass is 16.5. The molecule has 1 heterocycles. The average molecular weight is 447 g/mol. The molecule has 1 spiro atoms. The second kappa shape index (κ2) is 8.94. The first-order valence-corrected chi connectivity index (χ1v) is 10.9. The number of fused-ring (bicyclic) bond motifs is 2. The van der Waals surface area contributed by atoms with Gasteiger partial charge in [-0.05, 0) is 55.5 Å². The van der Waals surface area contributed by atoms with Gasteiger partial charge in [-0.1, -0.05) is 12.1 Å². The maximum atomic E-state index is 13.3. The van der Waals surface area contributed by atoms with Gasteiger partial charge in [-0.3, -0.25) is 14.4 Å². The Morgan fingerprint density at radius 1 is 1.24 bits per heavy atom. The van der Waals surface area contributed by atoms with Crippen molar-refractivity contribution in [3.8, 4) is 5.75 Å². The van der Waals surface area contributed by atoms with Crippen molar-refractivity contribution in [2.45, 2.75) is 37.5 Å². The predicted molar refractivity (Wildman–Crippen MR) is 122 cm³/mol. The van der Waals surface area contributed by atoms with Crippen LogP contribution in [0.1, 0.15) is 47.2 Å². The number of aliphatic carboxylic acids is 1. The van der Waals surface area contributed by atoms with Gasteiger partial charge in [-0.15, -0.1) is 0 Å². The second-order valence-electron chi connectivity index (χ2n) is 8.49. The van der Waals surface area contributed by atoms with E-state index >= 15 is 0 Å². The number of benzene rings is 2. The van der Waals surface area contributed by atoms with Crippen molar-refractivity contribution >= 4 is 29.2 Å². The van der Waals surface area contributed by atoms with E-state index in [1.54, 1.807) is 37.4 Å². The number of hydrogen-bond donors (Lipinski definition) is 3. The molecule has 8 heteroatoms. The van der Waals surface area contributed by atoms with E-state index in [9.17, 15) is 14.4 Å². The summed E-state index contributed by atoms with van der Waals surface area (Å²) in [6.07, 6.45) is 2.30. The topological polar surface area (TPSA) is 109 Å². The molecule has 1 aliphatic heterocycles. The first kappa shape index (κ1) is 22.3. The second-order valence-corrected chi connectivity index (χ2v) is 8.49. The quantitative estimate of drug-likeness (QED) is 0.561. The Morgan fingerprint density at radius 3 is 2.79 bits per heavy atom. The lowest BCUT2D eigenvalue weighted by Crippen LogP contribution is -2.28. The van der Waals surface area contributed by atoms with Gasteiger partial charge in [0.2, 0.25) is 5.91 Å². The van der Waals surface area contributed by atoms with Crippen molar-refractivity contribution in [1.82, 2.24) is 5.32 Å². The van der Waals surface area contributed by atoms with Gasteiger partial charge in [0.15, 0.2) is 5.69 Å². The molecule has 2 aromatic carbocycles. The first-order valence-electron chi connectivity index (χ1n) is 10.9. The summed E-state index contributed by atoms with van der Waals surface area (Å²) >= 11 is 0. The number of nitrogens with one attached hydrogen (secondary N) is 2. The molecule has 0 radical (unpaired) electrons. The third kappa shape index (κ3) is 4.40. The zero-order valence-electron chi connectivity index (χ0n) is 18.3. The van der Waals surface area contributed by atoms with Crippen molar-refractivity contribution in [1.29, 1.82) is 0 Å². The molecule has 3 N–H and O–H groups in total. The molecule has 0 unspecified atom stereocenters. The van der Waals surface area contributed by atoms with Crippen LogP contribution in [0.2, 0.25) is 0 Å². The maximum Gasteiger partial charge on any atom is 0.303 e. The minimum Gasteiger partial charge on any atom is -0.493 e. The minimum atomic E-state index is -0.868. The molecule has 0 bridgehead atoms. The number of carbonyl (C=O) groups is 3. The molecule has 8 nitrogen and oxygen atoms in total. The number of carboxylic acid groups (broad SMARTS) is 1. The number of hydrogen-bond acceptors (Lipinski definition) is 4. The minimum absolute atomic E-state index is 0.0359. The lowest BCUT2D eigenvalue weighted by Gasteiger charge is -2.27. The van der Waals surface area contributed by atoms with Crippen LogP contribution >= 0.6 is 0 Å². The lowest BCUT2D eigenvalue weighted by molar-refractivity contribution is -0.137. The van der Waals surface area contributed by atoms with E-state index < -0.39 is 5.97 Å². The highest BCUT2D eigenvalue weighted by molar-refractivity contribution is 5.98. The van der Waals surface area contributed by atoms with Crippen molar-refractivity contribution < 1.29 is 24.2 Å². The molecule has 2 aliphatic rings. The molecular formula is C25H25N3O5. The molecule has 0 aromatic heterocycles. The van der Waals surface area contributed by atoms with Gasteiger partial charge in [-0.25, -0.2) is 4.85 Å². The van der Waals surface area contributed by atoms with E-state index in [4.69, 9.17) is 16.4 Å². The molecule has 1 aliphatic carbocycles. The summed E-state index contributed by atoms with van der Waals surface area (Å²) in [5.74, 6) is -0.776. The van der Waals surface area contributed by atoms with Gasteiger partial charge in [-0.2, -0.15) is 0 Å². The summed E-state index contributed by atoms with van der Waals surface area (Å²) in [6, 6.07) is 10.4. The number of rotatable bonds is 7. The van der Waals surface area contributed by atoms with Crippen molar-refractivity contribution in [2.24, 2.45) is 5.92 Å². The fraction of sp³-hybridized carbons (Fsp3) is 0.360. The number of amides is 2. The van der Waals surface area contributed by atoms with E-state index in [-0.39, 0.29) is 29.6 Å². The predicted octanol–water partition coefficient (Wildman–Crippen LogP) is 3.68. The molecule has 1 fully saturated rings. The smallest absolute Gasteiger partial charge is 0.303 e. The summed E-state index contributed by atoms with van der Waals surface area (Å²) in [5.41, 5.74) is 2.80. The van der Waals surface area contributed by atoms with Crippen molar-refractivity contribution in [3.63, 3.8) is 0 Å². The summed E-state index contributed by atoms with van der Waals surface area (Å²) in [5, 5.41) is 14.5. The van der Waals surface area contributed by atoms with Crippen LogP contribution in [0.4, 0.5) is 11.4 Å². The van der Waals surface area contributed by atoms with Gasteiger partial charge in [0, 0.05) is 41.6 Å². The monoisotopic (exact) mass is 447 g/mol. The Balaban J connectivity index is 1.56. The number of nitrogens with zero attached hydrogens (tertiary/aromatic N) is 1. The fourth-order valence-electron chi connectivity index (χ4n) is 4.65. The van der Waals surface area contributed by atoms with Crippen LogP contribution in [0.15, 0.2) is 36.4 Å². The van der Waals surface area contributed by atoms with Crippen LogP contribution < -0.4 is 15.4 Å². The van der Waals surface area contributed by atoms with E-state index in [0.29, 0.717) is 55.0 Å². The average Bonchev–Trinajstić information content (AvgIpc) is 3.54. The highest BCUT2D eigenvalue weighted by Gasteiger charge is 2.61. The van der Waals surface area contributed by atoms with Crippen molar-refractivity contribution in [3.05, 3.63) is 64.5 Å². The maximum absolute atomic E-state index is 13.3. The van der Waals surface area contributed by atoms with Crippen LogP contribution in [0.25, 0.3) is 4.85 Å². The van der Waals surface area contributed by atoms with E-state index in [0.717, 1.165) is 11.1 Å². The summed E-state index contributed by atoms with van der Waals surface area (Å²) in [6.45, 7) is 7.78. The zero-order valence-corrected chi connectivity index (χ0v) is 18.3. The van der Waals surface area contributed by atoms with Gasteiger partial charge in [0.05, 0.1) is 13.2 Å². The number of carbonyl (C=O) groups excluding carboxylic acids is 2. The Hall–Kier alpha value is -3.86. The largest absolute Gasteiger partial charge is 0.493 e. The molecule has 1 saturated carbocycles. The van der Waals surface area contributed by atoms with E-state index in [1.165, 1.54) is 0 Å². The van der Waals surface area contributed by atoms with Gasteiger partial charge < -0.3 is 20.5 Å². The molecule has 0 saturated heterocycles. The summed E-state index contributed by atoms with van der Waals surface area (Å²) in [4.78, 5) is 39.7. The van der Waals surface area contributed by atoms with Crippen LogP contribution in [0.5, 0.6) is 5.75 Å². The fourth-order valence-corrected chi connectivity index (χ4v) is 4.65. The summed E-state index contributed by atoms with van der Waals surface area (Å²) < 4.78 is 5.78. The van der Waals surface area contributed by atoms with Gasteiger partial charge >= 0.3 is 5.97 Å². The summed E-state index contributed by atoms with van der Waals surface area (Å²) in [7, 11) is 1.58. The molecule has 33 heavy (non-hydrogen) atoms. The molecule has 2 aromatic rings. The lowest BCUT2D eigenvalue weighted by atomic mass is 9.86. The standard InChI is InChI=1S/C25H25N3O5/c1-26-17-8-6-15(4-3-5-22(29)30)20(13-17)28-24(32)19-14-25(19)10-11-33-21-9-7-16(12-18(21)25)23(31)27-2/h6-9,12-13,19H,3-5,10-11,14H2,2H3,(H,27,31)(H,28,32)(H,29,30)/t19-,25-/m0/s1. The highest BCUT2D eigenvalue weighted by Crippen LogP contribution is 2.61. The Morgan fingerprint density at radius 2 is 2.06 bits per heavy atom. The Labute approximate surface area is 191 Å². The third-order valence-electron chi connectivity index (χ3n) is 6.52. The number of aryl methyl sites for hydroxylation is 1. The van der Waals surface area contributed by atoms with Gasteiger partial charge in [0.25, 0.3) is 5.91 Å². The number of anilines is 1. The van der Waals surface area contributed by atoms with Crippen LogP contribution in [-0.2, 0) is 21.4 Å². The molecule has 2 atom stereocenters. The van der Waals surface area contributed by atoms with Crippen molar-refractivity contribution in [2.75, 3.05) is 19.0 Å². The zero-order chi connectivity index (χ0) is 23.6. The molecule has 2 amide bonds. The SMILES string of the molecule is [C-]#[N+]c1ccc(CCCC(=O)O)c(NC(=O)[C@@H]2C[C@]23CCOc2ccc(C(=O)NC)cc23)c1. The van der Waals surface area contributed by atoms with Crippen LogP contribution in [0.3, 0.4) is 0 Å². The number of carboxylic acids is 1. The van der Waals surface area contributed by atoms with E-state index in [1.807, 2.05) is 6.07 Å². The molecule has 4 rings (SSSR count).